The normalized spacial score (nSPS) is 17.6. The van der Waals surface area contributed by atoms with Crippen LogP contribution in [0.1, 0.15) is 17.7 Å². The second kappa shape index (κ2) is 5.81. The molecule has 0 fully saturated rings. The van der Waals surface area contributed by atoms with Crippen LogP contribution in [0.3, 0.4) is 0 Å². The second-order valence-corrected chi connectivity index (χ2v) is 8.16. The Morgan fingerprint density at radius 2 is 1.91 bits per heavy atom. The number of rotatable bonds is 3. The lowest BCUT2D eigenvalue weighted by Gasteiger charge is -2.24. The summed E-state index contributed by atoms with van der Waals surface area (Å²) in [6, 6.07) is 8.40. The zero-order chi connectivity index (χ0) is 16.6. The van der Waals surface area contributed by atoms with Crippen LogP contribution in [0.25, 0.3) is 0 Å². The minimum atomic E-state index is -3.44. The van der Waals surface area contributed by atoms with Crippen molar-refractivity contribution in [3.63, 3.8) is 0 Å². The number of sulfone groups is 1. The number of hydrogen-bond donors (Lipinski definition) is 1. The number of aromatic nitrogens is 2. The molecule has 0 radical (unpaired) electrons. The van der Waals surface area contributed by atoms with E-state index in [2.05, 4.69) is 9.97 Å². The lowest BCUT2D eigenvalue weighted by Crippen LogP contribution is -2.34. The van der Waals surface area contributed by atoms with Crippen molar-refractivity contribution in [1.29, 1.82) is 0 Å². The Kier molecular flexibility index (Phi) is 3.97. The van der Waals surface area contributed by atoms with Crippen LogP contribution in [-0.2, 0) is 22.7 Å². The molecular formula is C16H19N3O3S. The van der Waals surface area contributed by atoms with E-state index in [4.69, 9.17) is 0 Å². The van der Waals surface area contributed by atoms with E-state index in [0.717, 1.165) is 0 Å². The highest BCUT2D eigenvalue weighted by molar-refractivity contribution is 7.92. The fourth-order valence-corrected chi connectivity index (χ4v) is 4.59. The van der Waals surface area contributed by atoms with Gasteiger partial charge in [0, 0.05) is 19.7 Å². The van der Waals surface area contributed by atoms with Gasteiger partial charge < -0.3 is 4.90 Å². The van der Waals surface area contributed by atoms with Crippen molar-refractivity contribution < 1.29 is 8.42 Å². The maximum atomic E-state index is 12.7. The molecule has 0 bridgehead atoms. The highest BCUT2D eigenvalue weighted by Gasteiger charge is 2.33. The predicted molar refractivity (Wildman–Crippen MR) is 88.6 cm³/mol. The van der Waals surface area contributed by atoms with Crippen molar-refractivity contribution in [3.05, 3.63) is 51.9 Å². The van der Waals surface area contributed by atoms with Crippen molar-refractivity contribution in [3.8, 4) is 0 Å². The monoisotopic (exact) mass is 333 g/mol. The molecular weight excluding hydrogens is 314 g/mol. The number of aryl methyl sites for hydroxylation is 1. The largest absolute Gasteiger partial charge is 0.348 e. The highest BCUT2D eigenvalue weighted by atomic mass is 32.2. The van der Waals surface area contributed by atoms with Crippen LogP contribution in [0.4, 0.5) is 5.95 Å². The van der Waals surface area contributed by atoms with Gasteiger partial charge in [0.2, 0.25) is 5.95 Å². The Morgan fingerprint density at radius 1 is 1.22 bits per heavy atom. The van der Waals surface area contributed by atoms with Crippen molar-refractivity contribution in [1.82, 2.24) is 9.97 Å². The maximum absolute atomic E-state index is 12.7. The first-order valence-corrected chi connectivity index (χ1v) is 9.02. The molecule has 1 unspecified atom stereocenters. The van der Waals surface area contributed by atoms with E-state index in [0.29, 0.717) is 34.9 Å². The summed E-state index contributed by atoms with van der Waals surface area (Å²) in [7, 11) is 0.165. The van der Waals surface area contributed by atoms with Gasteiger partial charge in [0.25, 0.3) is 5.56 Å². The molecule has 3 rings (SSSR count). The van der Waals surface area contributed by atoms with Crippen molar-refractivity contribution >= 4 is 15.8 Å². The Hall–Kier alpha value is -2.15. The average molecular weight is 333 g/mol. The number of nitrogens with one attached hydrogen (secondary N) is 1. The minimum Gasteiger partial charge on any atom is -0.348 e. The van der Waals surface area contributed by atoms with Crippen LogP contribution in [0.15, 0.2) is 40.0 Å². The van der Waals surface area contributed by atoms with Gasteiger partial charge in [-0.15, -0.1) is 0 Å². The number of hydrogen-bond acceptors (Lipinski definition) is 5. The van der Waals surface area contributed by atoms with Crippen LogP contribution in [-0.4, -0.2) is 37.7 Å². The Balaban J connectivity index is 1.96. The third-order valence-electron chi connectivity index (χ3n) is 4.16. The topological polar surface area (TPSA) is 83.1 Å². The molecule has 7 heteroatoms. The van der Waals surface area contributed by atoms with E-state index in [1.54, 1.807) is 49.3 Å². The summed E-state index contributed by atoms with van der Waals surface area (Å²) in [6.07, 6.45) is 1.19. The summed E-state index contributed by atoms with van der Waals surface area (Å²) in [4.78, 5) is 21.5. The molecule has 1 aliphatic carbocycles. The SMILES string of the molecule is CN(C)c1nc2c(c(=O)[nH]1)CC(S(=O)(=O)c1ccccc1)CC2. The van der Waals surface area contributed by atoms with Crippen LogP contribution < -0.4 is 10.5 Å². The first-order chi connectivity index (χ1) is 10.9. The Morgan fingerprint density at radius 3 is 2.57 bits per heavy atom. The van der Waals surface area contributed by atoms with Gasteiger partial charge in [-0.2, -0.15) is 0 Å². The number of anilines is 1. The number of nitrogens with zero attached hydrogens (tertiary/aromatic N) is 2. The fraction of sp³-hybridized carbons (Fsp3) is 0.375. The molecule has 1 N–H and O–H groups in total. The summed E-state index contributed by atoms with van der Waals surface area (Å²) < 4.78 is 25.5. The average Bonchev–Trinajstić information content (AvgIpc) is 2.55. The van der Waals surface area contributed by atoms with Crippen LogP contribution in [0, 0.1) is 0 Å². The molecule has 1 heterocycles. The lowest BCUT2D eigenvalue weighted by molar-refractivity contribution is 0.557. The predicted octanol–water partition coefficient (Wildman–Crippen LogP) is 1.17. The molecule has 23 heavy (non-hydrogen) atoms. The van der Waals surface area contributed by atoms with Crippen LogP contribution >= 0.6 is 0 Å². The third kappa shape index (κ3) is 2.88. The quantitative estimate of drug-likeness (QED) is 0.911. The summed E-state index contributed by atoms with van der Waals surface area (Å²) in [5.41, 5.74) is 0.954. The number of aromatic amines is 1. The zero-order valence-corrected chi connectivity index (χ0v) is 13.9. The second-order valence-electron chi connectivity index (χ2n) is 5.93. The summed E-state index contributed by atoms with van der Waals surface area (Å²) in [5, 5.41) is -0.578. The first kappa shape index (κ1) is 15.7. The number of H-pyrrole nitrogens is 1. The zero-order valence-electron chi connectivity index (χ0n) is 13.1. The summed E-state index contributed by atoms with van der Waals surface area (Å²) in [6.45, 7) is 0. The molecule has 122 valence electrons. The van der Waals surface area contributed by atoms with E-state index >= 15 is 0 Å². The number of fused-ring (bicyclic) bond motifs is 1. The van der Waals surface area contributed by atoms with Gasteiger partial charge in [0.1, 0.15) is 0 Å². The smallest absolute Gasteiger partial charge is 0.255 e. The van der Waals surface area contributed by atoms with Gasteiger partial charge in [-0.3, -0.25) is 9.78 Å². The minimum absolute atomic E-state index is 0.211. The number of benzene rings is 1. The van der Waals surface area contributed by atoms with Gasteiger partial charge in [-0.05, 0) is 31.4 Å². The molecule has 1 aromatic carbocycles. The molecule has 0 saturated carbocycles. The molecule has 2 aromatic rings. The fourth-order valence-electron chi connectivity index (χ4n) is 2.86. The maximum Gasteiger partial charge on any atom is 0.255 e. The van der Waals surface area contributed by atoms with Gasteiger partial charge >= 0.3 is 0 Å². The molecule has 0 aliphatic heterocycles. The summed E-state index contributed by atoms with van der Waals surface area (Å²) in [5.74, 6) is 0.498. The Labute approximate surface area is 135 Å². The van der Waals surface area contributed by atoms with Gasteiger partial charge in [0.05, 0.1) is 15.8 Å². The van der Waals surface area contributed by atoms with Crippen LogP contribution in [0.2, 0.25) is 0 Å². The van der Waals surface area contributed by atoms with Crippen molar-refractivity contribution in [2.75, 3.05) is 19.0 Å². The molecule has 1 aromatic heterocycles. The molecule has 6 nitrogen and oxygen atoms in total. The molecule has 1 aliphatic rings. The van der Waals surface area contributed by atoms with Gasteiger partial charge in [-0.1, -0.05) is 18.2 Å². The van der Waals surface area contributed by atoms with E-state index in [1.165, 1.54) is 0 Å². The first-order valence-electron chi connectivity index (χ1n) is 7.48. The Bertz CT molecular complexity index is 873. The van der Waals surface area contributed by atoms with Gasteiger partial charge in [0.15, 0.2) is 9.84 Å². The molecule has 0 spiro atoms. The van der Waals surface area contributed by atoms with E-state index in [9.17, 15) is 13.2 Å². The third-order valence-corrected chi connectivity index (χ3v) is 6.37. The van der Waals surface area contributed by atoms with Crippen LogP contribution in [0.5, 0.6) is 0 Å². The molecule has 0 saturated heterocycles. The summed E-state index contributed by atoms with van der Waals surface area (Å²) >= 11 is 0. The molecule has 0 amide bonds. The lowest BCUT2D eigenvalue weighted by atomic mass is 9.97. The van der Waals surface area contributed by atoms with Gasteiger partial charge in [-0.25, -0.2) is 13.4 Å². The van der Waals surface area contributed by atoms with E-state index in [1.807, 2.05) is 0 Å². The van der Waals surface area contributed by atoms with Crippen molar-refractivity contribution in [2.45, 2.75) is 29.4 Å². The standard InChI is InChI=1S/C16H19N3O3S/c1-19(2)16-17-14-9-8-12(10-13(14)15(20)18-16)23(21,22)11-6-4-3-5-7-11/h3-7,12H,8-10H2,1-2H3,(H,17,18,20). The molecule has 1 atom stereocenters. The van der Waals surface area contributed by atoms with E-state index < -0.39 is 15.1 Å². The van der Waals surface area contributed by atoms with Crippen molar-refractivity contribution in [2.24, 2.45) is 0 Å². The van der Waals surface area contributed by atoms with E-state index in [-0.39, 0.29) is 12.0 Å². The highest BCUT2D eigenvalue weighted by Crippen LogP contribution is 2.27.